The van der Waals surface area contributed by atoms with Crippen molar-refractivity contribution in [2.45, 2.75) is 32.5 Å². The van der Waals surface area contributed by atoms with Crippen LogP contribution in [0.25, 0.3) is 0 Å². The Bertz CT molecular complexity index is 775. The maximum Gasteiger partial charge on any atom is 0.348 e. The number of thiophene rings is 1. The van der Waals surface area contributed by atoms with Gasteiger partial charge in [-0.1, -0.05) is 25.1 Å². The second-order valence-corrected chi connectivity index (χ2v) is 6.34. The lowest BCUT2D eigenvalue weighted by Gasteiger charge is -2.19. The third-order valence-electron chi connectivity index (χ3n) is 3.48. The number of carbonyl (C=O) groups is 3. The van der Waals surface area contributed by atoms with Gasteiger partial charge < -0.3 is 20.5 Å². The Morgan fingerprint density at radius 2 is 1.88 bits per heavy atom. The van der Waals surface area contributed by atoms with Gasteiger partial charge in [0.15, 0.2) is 12.2 Å². The molecule has 0 bridgehead atoms. The monoisotopic (exact) mass is 376 g/mol. The van der Waals surface area contributed by atoms with E-state index in [2.05, 4.69) is 5.32 Å². The van der Waals surface area contributed by atoms with E-state index in [0.717, 1.165) is 11.3 Å². The summed E-state index contributed by atoms with van der Waals surface area (Å²) in [5.74, 6) is -1.30. The van der Waals surface area contributed by atoms with Crippen LogP contribution in [0.3, 0.4) is 0 Å². The average Bonchev–Trinajstić information content (AvgIpc) is 3.08. The molecule has 138 valence electrons. The average molecular weight is 376 g/mol. The van der Waals surface area contributed by atoms with Gasteiger partial charge in [0.25, 0.3) is 11.8 Å². The molecule has 7 nitrogen and oxygen atoms in total. The molecule has 1 heterocycles. The van der Waals surface area contributed by atoms with Crippen LogP contribution in [0, 0.1) is 0 Å². The molecule has 8 heteroatoms. The van der Waals surface area contributed by atoms with Crippen molar-refractivity contribution in [3.8, 4) is 5.75 Å². The minimum atomic E-state index is -1.06. The summed E-state index contributed by atoms with van der Waals surface area (Å²) in [7, 11) is 0. The summed E-state index contributed by atoms with van der Waals surface area (Å²) < 4.78 is 10.8. The smallest absolute Gasteiger partial charge is 0.348 e. The molecule has 0 spiro atoms. The van der Waals surface area contributed by atoms with E-state index in [-0.39, 0.29) is 5.56 Å². The molecule has 0 aliphatic carbocycles. The van der Waals surface area contributed by atoms with Crippen molar-refractivity contribution in [2.75, 3.05) is 5.32 Å². The molecule has 0 saturated heterocycles. The summed E-state index contributed by atoms with van der Waals surface area (Å²) in [6.07, 6.45) is -1.49. The van der Waals surface area contributed by atoms with E-state index in [0.29, 0.717) is 17.2 Å². The van der Waals surface area contributed by atoms with Gasteiger partial charge in [-0.25, -0.2) is 4.79 Å². The molecule has 0 aliphatic heterocycles. The van der Waals surface area contributed by atoms with Crippen molar-refractivity contribution in [2.24, 2.45) is 5.73 Å². The first-order chi connectivity index (χ1) is 12.4. The molecule has 1 aromatic heterocycles. The third-order valence-corrected chi connectivity index (χ3v) is 4.31. The molecular formula is C18H20N2O5S. The van der Waals surface area contributed by atoms with E-state index < -0.39 is 30.0 Å². The van der Waals surface area contributed by atoms with E-state index >= 15 is 0 Å². The highest BCUT2D eigenvalue weighted by molar-refractivity contribution is 7.14. The Labute approximate surface area is 155 Å². The Hall–Kier alpha value is -2.87. The Kier molecular flexibility index (Phi) is 6.74. The highest BCUT2D eigenvalue weighted by atomic mass is 32.1. The van der Waals surface area contributed by atoms with Crippen LogP contribution in [0.1, 0.15) is 30.6 Å². The predicted molar refractivity (Wildman–Crippen MR) is 98.2 cm³/mol. The number of benzene rings is 1. The number of anilines is 1. The first kappa shape index (κ1) is 19.5. The molecule has 2 rings (SSSR count). The summed E-state index contributed by atoms with van der Waals surface area (Å²) in [6.45, 7) is 3.23. The zero-order chi connectivity index (χ0) is 19.1. The SMILES string of the molecule is CC[C@@H](Oc1ccccc1)C(=O)O[C@H](C)C(=O)Nc1sccc1C(N)=O. The Balaban J connectivity index is 1.95. The number of hydrogen-bond donors (Lipinski definition) is 2. The van der Waals surface area contributed by atoms with Gasteiger partial charge in [-0.3, -0.25) is 9.59 Å². The van der Waals surface area contributed by atoms with Crippen LogP contribution >= 0.6 is 11.3 Å². The maximum absolute atomic E-state index is 12.3. The largest absolute Gasteiger partial charge is 0.479 e. The molecule has 0 unspecified atom stereocenters. The molecule has 0 aliphatic rings. The summed E-state index contributed by atoms with van der Waals surface area (Å²) in [6, 6.07) is 10.4. The van der Waals surface area contributed by atoms with Gasteiger partial charge in [0.2, 0.25) is 0 Å². The Morgan fingerprint density at radius 3 is 2.50 bits per heavy atom. The van der Waals surface area contributed by atoms with E-state index in [9.17, 15) is 14.4 Å². The summed E-state index contributed by atoms with van der Waals surface area (Å²) in [5, 5.41) is 4.49. The van der Waals surface area contributed by atoms with E-state index in [1.807, 2.05) is 6.07 Å². The number of nitrogens with two attached hydrogens (primary N) is 1. The quantitative estimate of drug-likeness (QED) is 0.689. The number of primary amides is 1. The van der Waals surface area contributed by atoms with Crippen molar-refractivity contribution >= 4 is 34.1 Å². The van der Waals surface area contributed by atoms with Crippen LogP contribution in [0.2, 0.25) is 0 Å². The normalized spacial score (nSPS) is 12.7. The summed E-state index contributed by atoms with van der Waals surface area (Å²) >= 11 is 1.16. The van der Waals surface area contributed by atoms with Gasteiger partial charge in [-0.15, -0.1) is 11.3 Å². The van der Waals surface area contributed by atoms with Crippen molar-refractivity contribution in [3.63, 3.8) is 0 Å². The molecular weight excluding hydrogens is 356 g/mol. The minimum absolute atomic E-state index is 0.209. The Morgan fingerprint density at radius 1 is 1.19 bits per heavy atom. The molecule has 0 saturated carbocycles. The predicted octanol–water partition coefficient (Wildman–Crippen LogP) is 2.57. The number of rotatable bonds is 8. The molecule has 0 fully saturated rings. The van der Waals surface area contributed by atoms with Gasteiger partial charge >= 0.3 is 5.97 Å². The van der Waals surface area contributed by atoms with Gasteiger partial charge in [0, 0.05) is 0 Å². The fraction of sp³-hybridized carbons (Fsp3) is 0.278. The standard InChI is InChI=1S/C18H20N2O5S/c1-3-14(25-12-7-5-4-6-8-12)18(23)24-11(2)16(22)20-17-13(15(19)21)9-10-26-17/h4-11,14H,3H2,1-2H3,(H2,19,21)(H,20,22)/t11-,14-/m1/s1. The summed E-state index contributed by atoms with van der Waals surface area (Å²) in [4.78, 5) is 35.8. The van der Waals surface area contributed by atoms with Crippen LogP contribution in [0.4, 0.5) is 5.00 Å². The second-order valence-electron chi connectivity index (χ2n) is 5.42. The van der Waals surface area contributed by atoms with Crippen molar-refractivity contribution < 1.29 is 23.9 Å². The lowest BCUT2D eigenvalue weighted by Crippen LogP contribution is -2.36. The lowest BCUT2D eigenvalue weighted by atomic mass is 10.2. The van der Waals surface area contributed by atoms with Crippen molar-refractivity contribution in [1.82, 2.24) is 0 Å². The number of hydrogen-bond acceptors (Lipinski definition) is 6. The molecule has 0 radical (unpaired) electrons. The molecule has 2 aromatic rings. The number of carbonyl (C=O) groups excluding carboxylic acids is 3. The topological polar surface area (TPSA) is 108 Å². The first-order valence-corrected chi connectivity index (χ1v) is 8.90. The van der Waals surface area contributed by atoms with Crippen molar-refractivity contribution in [1.29, 1.82) is 0 Å². The van der Waals surface area contributed by atoms with E-state index in [1.54, 1.807) is 36.6 Å². The number of ether oxygens (including phenoxy) is 2. The van der Waals surface area contributed by atoms with Crippen LogP contribution in [-0.2, 0) is 14.3 Å². The molecule has 3 N–H and O–H groups in total. The number of amides is 2. The van der Waals surface area contributed by atoms with Gasteiger partial charge in [0.05, 0.1) is 5.56 Å². The zero-order valence-electron chi connectivity index (χ0n) is 14.4. The maximum atomic E-state index is 12.3. The minimum Gasteiger partial charge on any atom is -0.479 e. The van der Waals surface area contributed by atoms with E-state index in [4.69, 9.17) is 15.2 Å². The van der Waals surface area contributed by atoms with Gasteiger partial charge in [-0.05, 0) is 36.9 Å². The molecule has 2 atom stereocenters. The second kappa shape index (κ2) is 9.00. The van der Waals surface area contributed by atoms with Crippen LogP contribution in [-0.4, -0.2) is 30.0 Å². The van der Waals surface area contributed by atoms with Crippen LogP contribution in [0.5, 0.6) is 5.75 Å². The summed E-state index contributed by atoms with van der Waals surface area (Å²) in [5.41, 5.74) is 5.45. The zero-order valence-corrected chi connectivity index (χ0v) is 15.2. The van der Waals surface area contributed by atoms with Crippen molar-refractivity contribution in [3.05, 3.63) is 47.3 Å². The van der Waals surface area contributed by atoms with E-state index in [1.165, 1.54) is 13.0 Å². The van der Waals surface area contributed by atoms with Crippen LogP contribution in [0.15, 0.2) is 41.8 Å². The number of para-hydroxylation sites is 1. The third kappa shape index (κ3) is 5.06. The highest BCUT2D eigenvalue weighted by Crippen LogP contribution is 2.23. The first-order valence-electron chi connectivity index (χ1n) is 8.02. The van der Waals surface area contributed by atoms with Gasteiger partial charge in [-0.2, -0.15) is 0 Å². The lowest BCUT2D eigenvalue weighted by molar-refractivity contribution is -0.160. The molecule has 26 heavy (non-hydrogen) atoms. The fourth-order valence-corrected chi connectivity index (χ4v) is 2.87. The van der Waals surface area contributed by atoms with Gasteiger partial charge in [0.1, 0.15) is 10.8 Å². The number of esters is 1. The highest BCUT2D eigenvalue weighted by Gasteiger charge is 2.26. The fourth-order valence-electron chi connectivity index (χ4n) is 2.08. The number of nitrogens with one attached hydrogen (secondary N) is 1. The molecule has 1 aromatic carbocycles. The van der Waals surface area contributed by atoms with Crippen LogP contribution < -0.4 is 15.8 Å². The molecule has 2 amide bonds.